The van der Waals surface area contributed by atoms with Gasteiger partial charge in [0.05, 0.1) is 16.6 Å². The summed E-state index contributed by atoms with van der Waals surface area (Å²) in [5.74, 6) is 0. The van der Waals surface area contributed by atoms with Crippen molar-refractivity contribution in [2.75, 3.05) is 0 Å². The zero-order valence-corrected chi connectivity index (χ0v) is 14.5. The molecular weight excluding hydrogens is 316 g/mol. The fraction of sp³-hybridized carbons (Fsp3) is 0.0833. The van der Waals surface area contributed by atoms with Crippen LogP contribution in [-0.2, 0) is 6.42 Å². The molecule has 0 bridgehead atoms. The molecule has 26 heavy (non-hydrogen) atoms. The van der Waals surface area contributed by atoms with Crippen LogP contribution in [0.5, 0.6) is 0 Å². The Morgan fingerprint density at radius 1 is 0.731 bits per heavy atom. The number of para-hydroxylation sites is 4. The Kier molecular flexibility index (Phi) is 3.60. The minimum Gasteiger partial charge on any atom is -0.357 e. The van der Waals surface area contributed by atoms with Crippen molar-refractivity contribution in [3.63, 3.8) is 0 Å². The molecule has 0 radical (unpaired) electrons. The maximum atomic E-state index is 3.73. The number of aryl methyl sites for hydroxylation is 1. The molecule has 0 saturated carbocycles. The molecule has 0 aliphatic heterocycles. The van der Waals surface area contributed by atoms with Gasteiger partial charge in [-0.1, -0.05) is 60.7 Å². The molecule has 5 rings (SSSR count). The lowest BCUT2D eigenvalue weighted by Crippen LogP contribution is -2.03. The molecule has 0 amide bonds. The molecule has 0 spiro atoms. The molecule has 1 heterocycles. The third kappa shape index (κ3) is 2.42. The highest BCUT2D eigenvalue weighted by Gasteiger charge is 2.11. The van der Waals surface area contributed by atoms with Gasteiger partial charge in [0.2, 0.25) is 0 Å². The number of hydrogen-bond acceptors (Lipinski definition) is 0. The number of aromatic nitrogens is 2. The van der Waals surface area contributed by atoms with E-state index >= 15 is 0 Å². The van der Waals surface area contributed by atoms with Crippen molar-refractivity contribution >= 4 is 28.0 Å². The Morgan fingerprint density at radius 3 is 2.35 bits per heavy atom. The molecule has 1 aromatic heterocycles. The Hall–Kier alpha value is -3.26. The van der Waals surface area contributed by atoms with Gasteiger partial charge in [-0.2, -0.15) is 0 Å². The largest absolute Gasteiger partial charge is 0.357 e. The molecule has 0 fully saturated rings. The summed E-state index contributed by atoms with van der Waals surface area (Å²) in [4.78, 5) is 3.73. The molecule has 2 nitrogen and oxygen atoms in total. The smallest absolute Gasteiger partial charge is 0.0696 e. The predicted molar refractivity (Wildman–Crippen MR) is 110 cm³/mol. The molecule has 1 aliphatic carbocycles. The van der Waals surface area contributed by atoms with Gasteiger partial charge in [0, 0.05) is 22.3 Å². The van der Waals surface area contributed by atoms with Gasteiger partial charge < -0.3 is 9.55 Å². The van der Waals surface area contributed by atoms with Gasteiger partial charge in [-0.15, -0.1) is 0 Å². The van der Waals surface area contributed by atoms with Crippen molar-refractivity contribution in [3.8, 4) is 5.69 Å². The molecule has 3 aromatic carbocycles. The van der Waals surface area contributed by atoms with Crippen molar-refractivity contribution in [3.05, 3.63) is 96.2 Å². The number of allylic oxidation sites excluding steroid dienone is 1. The number of nitrogens with zero attached hydrogens (tertiary/aromatic N) is 1. The molecule has 1 N–H and O–H groups in total. The van der Waals surface area contributed by atoms with Gasteiger partial charge in [0.15, 0.2) is 0 Å². The third-order valence-electron chi connectivity index (χ3n) is 5.05. The molecule has 1 aliphatic rings. The van der Waals surface area contributed by atoms with Crippen molar-refractivity contribution < 1.29 is 0 Å². The first-order valence-corrected chi connectivity index (χ1v) is 9.12. The zero-order chi connectivity index (χ0) is 17.3. The Labute approximate surface area is 152 Å². The van der Waals surface area contributed by atoms with E-state index in [9.17, 15) is 0 Å². The first-order valence-electron chi connectivity index (χ1n) is 9.12. The second-order valence-electron chi connectivity index (χ2n) is 6.66. The molecule has 0 atom stereocenters. The molecule has 4 aromatic rings. The van der Waals surface area contributed by atoms with Crippen LogP contribution in [0.1, 0.15) is 17.7 Å². The van der Waals surface area contributed by atoms with Gasteiger partial charge in [-0.3, -0.25) is 0 Å². The second-order valence-corrected chi connectivity index (χ2v) is 6.66. The SMILES string of the molecule is C1=Cc2c([nH]c3ccccc3n(-c3ccccc3)c3ccccc23)CC1. The number of fused-ring (bicyclic) bond motifs is 4. The van der Waals surface area contributed by atoms with Crippen LogP contribution in [0.25, 0.3) is 33.7 Å². The van der Waals surface area contributed by atoms with Crippen LogP contribution in [0.15, 0.2) is 84.9 Å². The summed E-state index contributed by atoms with van der Waals surface area (Å²) in [6.45, 7) is 0. The number of aromatic amines is 1. The summed E-state index contributed by atoms with van der Waals surface area (Å²) < 4.78 is 2.35. The maximum absolute atomic E-state index is 3.73. The Morgan fingerprint density at radius 2 is 1.46 bits per heavy atom. The quantitative estimate of drug-likeness (QED) is 0.427. The number of nitrogens with one attached hydrogen (secondary N) is 1. The van der Waals surface area contributed by atoms with Crippen molar-refractivity contribution in [1.29, 1.82) is 0 Å². The van der Waals surface area contributed by atoms with Crippen LogP contribution in [0.3, 0.4) is 0 Å². The lowest BCUT2D eigenvalue weighted by atomic mass is 9.99. The van der Waals surface area contributed by atoms with Gasteiger partial charge in [-0.25, -0.2) is 0 Å². The van der Waals surface area contributed by atoms with Crippen LogP contribution in [-0.4, -0.2) is 9.55 Å². The summed E-state index contributed by atoms with van der Waals surface area (Å²) in [7, 11) is 0. The minimum absolute atomic E-state index is 1.04. The van der Waals surface area contributed by atoms with E-state index in [0.717, 1.165) is 24.0 Å². The molecule has 0 saturated heterocycles. The van der Waals surface area contributed by atoms with Crippen LogP contribution in [0, 0.1) is 0 Å². The maximum Gasteiger partial charge on any atom is 0.0696 e. The summed E-state index contributed by atoms with van der Waals surface area (Å²) in [6.07, 6.45) is 6.66. The van der Waals surface area contributed by atoms with Crippen LogP contribution >= 0.6 is 0 Å². The highest BCUT2D eigenvalue weighted by atomic mass is 15.0. The molecule has 2 heteroatoms. The van der Waals surface area contributed by atoms with E-state index in [1.807, 2.05) is 0 Å². The number of H-pyrrole nitrogens is 1. The van der Waals surface area contributed by atoms with E-state index in [2.05, 4.69) is 101 Å². The van der Waals surface area contributed by atoms with E-state index in [1.54, 1.807) is 0 Å². The fourth-order valence-corrected chi connectivity index (χ4v) is 3.86. The Bertz CT molecular complexity index is 1170. The minimum atomic E-state index is 1.04. The topological polar surface area (TPSA) is 20.7 Å². The van der Waals surface area contributed by atoms with Crippen LogP contribution in [0.2, 0.25) is 0 Å². The summed E-state index contributed by atoms with van der Waals surface area (Å²) >= 11 is 0. The first-order chi connectivity index (χ1) is 12.9. The molecular formula is C24H20N2. The monoisotopic (exact) mass is 336 g/mol. The second kappa shape index (κ2) is 6.23. The normalized spacial score (nSPS) is 12.9. The standard InChI is InChI=1S/C24H20N2/c1-2-10-18(11-3-1)26-23-16-8-5-13-20(23)19-12-4-6-14-21(19)25-22-15-7-9-17-24(22)26/h1-5,7-13,15-17,25H,6,14H2. The Balaban J connectivity index is 2.08. The molecule has 126 valence electrons. The summed E-state index contributed by atoms with van der Waals surface area (Å²) in [5, 5.41) is 1.27. The van der Waals surface area contributed by atoms with Crippen LogP contribution < -0.4 is 0 Å². The fourth-order valence-electron chi connectivity index (χ4n) is 3.86. The number of benzene rings is 3. The van der Waals surface area contributed by atoms with Gasteiger partial charge >= 0.3 is 0 Å². The highest BCUT2D eigenvalue weighted by molar-refractivity contribution is 5.93. The van der Waals surface area contributed by atoms with E-state index in [-0.39, 0.29) is 0 Å². The number of hydrogen-bond donors (Lipinski definition) is 1. The number of rotatable bonds is 1. The van der Waals surface area contributed by atoms with Gasteiger partial charge in [-0.05, 0) is 43.2 Å². The molecule has 0 unspecified atom stereocenters. The van der Waals surface area contributed by atoms with E-state index in [0.29, 0.717) is 0 Å². The highest BCUT2D eigenvalue weighted by Crippen LogP contribution is 2.29. The third-order valence-corrected chi connectivity index (χ3v) is 5.05. The summed E-state index contributed by atoms with van der Waals surface area (Å²) in [5.41, 5.74) is 7.30. The van der Waals surface area contributed by atoms with Crippen molar-refractivity contribution in [2.45, 2.75) is 12.8 Å². The van der Waals surface area contributed by atoms with Gasteiger partial charge in [0.25, 0.3) is 0 Å². The van der Waals surface area contributed by atoms with Gasteiger partial charge in [0.1, 0.15) is 0 Å². The predicted octanol–water partition coefficient (Wildman–Crippen LogP) is 6.20. The summed E-state index contributed by atoms with van der Waals surface area (Å²) in [6, 6.07) is 27.9. The lowest BCUT2D eigenvalue weighted by Gasteiger charge is -2.18. The zero-order valence-electron chi connectivity index (χ0n) is 14.5. The first kappa shape index (κ1) is 15.0. The van der Waals surface area contributed by atoms with E-state index < -0.39 is 0 Å². The average molecular weight is 336 g/mol. The van der Waals surface area contributed by atoms with E-state index in [1.165, 1.54) is 27.7 Å². The van der Waals surface area contributed by atoms with Crippen molar-refractivity contribution in [2.24, 2.45) is 0 Å². The van der Waals surface area contributed by atoms with E-state index in [4.69, 9.17) is 0 Å². The van der Waals surface area contributed by atoms with Crippen LogP contribution in [0.4, 0.5) is 0 Å². The van der Waals surface area contributed by atoms with Crippen molar-refractivity contribution in [1.82, 2.24) is 9.55 Å². The average Bonchev–Trinajstić information content (AvgIpc) is 2.70. The lowest BCUT2D eigenvalue weighted by molar-refractivity contribution is 0.941.